The van der Waals surface area contributed by atoms with Crippen molar-refractivity contribution in [2.45, 2.75) is 20.0 Å². The first kappa shape index (κ1) is 23.0. The summed E-state index contributed by atoms with van der Waals surface area (Å²) in [5, 5.41) is 2.78. The maximum atomic E-state index is 13.0. The van der Waals surface area contributed by atoms with Crippen molar-refractivity contribution in [1.82, 2.24) is 0 Å². The summed E-state index contributed by atoms with van der Waals surface area (Å²) in [4.78, 5) is 26.8. The maximum Gasteiger partial charge on any atom is 0.267 e. The number of carbonyl (C=O) groups excluding carboxylic acids is 2. The highest BCUT2D eigenvalue weighted by Gasteiger charge is 2.31. The predicted molar refractivity (Wildman–Crippen MR) is 130 cm³/mol. The Balaban J connectivity index is 1.45. The zero-order valence-corrected chi connectivity index (χ0v) is 19.0. The number of nitrogens with zero attached hydrogens (tertiary/aromatic N) is 1. The van der Waals surface area contributed by atoms with Crippen molar-refractivity contribution < 1.29 is 23.5 Å². The monoisotopic (exact) mass is 460 g/mol. The lowest BCUT2D eigenvalue weighted by Crippen LogP contribution is -2.46. The van der Waals surface area contributed by atoms with E-state index in [-0.39, 0.29) is 17.6 Å². The minimum atomic E-state index is -0.620. The Bertz CT molecular complexity index is 1220. The molecule has 1 aliphatic rings. The Morgan fingerprint density at radius 3 is 2.71 bits per heavy atom. The van der Waals surface area contributed by atoms with Crippen molar-refractivity contribution >= 4 is 29.3 Å². The largest absolute Gasteiger partial charge is 0.492 e. The molecule has 6 nitrogen and oxygen atoms in total. The first-order valence-corrected chi connectivity index (χ1v) is 11.0. The summed E-state index contributed by atoms with van der Waals surface area (Å²) in [5.41, 5.74) is 2.88. The molecule has 0 fully saturated rings. The van der Waals surface area contributed by atoms with Crippen LogP contribution < -0.4 is 19.7 Å². The number of carbonyl (C=O) groups is 2. The molecule has 1 N–H and O–H groups in total. The molecule has 3 aromatic carbocycles. The number of amides is 2. The molecule has 3 aromatic rings. The van der Waals surface area contributed by atoms with Gasteiger partial charge in [-0.2, -0.15) is 0 Å². The predicted octanol–water partition coefficient (Wildman–Crippen LogP) is 4.98. The van der Waals surface area contributed by atoms with Gasteiger partial charge in [0.25, 0.3) is 5.91 Å². The molecule has 174 valence electrons. The van der Waals surface area contributed by atoms with Crippen LogP contribution in [0.4, 0.5) is 15.8 Å². The van der Waals surface area contributed by atoms with Crippen LogP contribution in [0.2, 0.25) is 0 Å². The number of nitrogens with one attached hydrogen (secondary N) is 1. The van der Waals surface area contributed by atoms with Crippen molar-refractivity contribution in [3.05, 3.63) is 89.8 Å². The molecule has 0 radical (unpaired) electrons. The van der Waals surface area contributed by atoms with E-state index in [2.05, 4.69) is 5.32 Å². The van der Waals surface area contributed by atoms with Crippen LogP contribution in [0.5, 0.6) is 11.5 Å². The zero-order valence-electron chi connectivity index (χ0n) is 19.0. The molecule has 0 aliphatic carbocycles. The molecule has 2 amide bonds. The lowest BCUT2D eigenvalue weighted by Gasteiger charge is -2.33. The first-order valence-electron chi connectivity index (χ1n) is 11.0. The number of anilines is 2. The SMILES string of the molecule is Cc1cccc(OCCN2C(=O)C(C)Oc3ccc(NC(=O)/C=C/c4ccc(F)cc4)cc32)c1. The average molecular weight is 461 g/mol. The molecule has 1 aliphatic heterocycles. The average Bonchev–Trinajstić information content (AvgIpc) is 2.81. The van der Waals surface area contributed by atoms with E-state index in [1.807, 2.05) is 31.2 Å². The summed E-state index contributed by atoms with van der Waals surface area (Å²) in [6.45, 7) is 4.32. The molecule has 4 rings (SSSR count). The highest BCUT2D eigenvalue weighted by Crippen LogP contribution is 2.36. The zero-order chi connectivity index (χ0) is 24.1. The van der Waals surface area contributed by atoms with Crippen LogP contribution in [0.1, 0.15) is 18.1 Å². The molecule has 0 aromatic heterocycles. The molecule has 1 heterocycles. The van der Waals surface area contributed by atoms with Gasteiger partial charge >= 0.3 is 0 Å². The second-order valence-corrected chi connectivity index (χ2v) is 7.97. The number of halogens is 1. The minimum absolute atomic E-state index is 0.181. The van der Waals surface area contributed by atoms with Crippen molar-refractivity contribution in [2.24, 2.45) is 0 Å². The van der Waals surface area contributed by atoms with Crippen LogP contribution in [0.25, 0.3) is 6.08 Å². The fourth-order valence-electron chi connectivity index (χ4n) is 3.61. The normalized spacial score (nSPS) is 15.1. The van der Waals surface area contributed by atoms with Crippen LogP contribution in [0, 0.1) is 12.7 Å². The van der Waals surface area contributed by atoms with Gasteiger partial charge < -0.3 is 19.7 Å². The van der Waals surface area contributed by atoms with E-state index in [0.717, 1.165) is 11.3 Å². The molecule has 0 spiro atoms. The molecule has 0 saturated heterocycles. The fraction of sp³-hybridized carbons (Fsp3) is 0.185. The highest BCUT2D eigenvalue weighted by atomic mass is 19.1. The van der Waals surface area contributed by atoms with Gasteiger partial charge in [0.1, 0.15) is 23.9 Å². The standard InChI is InChI=1S/C27H25FN2O4/c1-18-4-3-5-23(16-18)33-15-14-30-24-17-22(11-12-25(24)34-19(2)27(30)32)29-26(31)13-8-20-6-9-21(28)10-7-20/h3-13,16-17,19H,14-15H2,1-2H3,(H,29,31)/b13-8+. The molecule has 7 heteroatoms. The number of hydrogen-bond donors (Lipinski definition) is 1. The van der Waals surface area contributed by atoms with Gasteiger partial charge in [-0.1, -0.05) is 24.3 Å². The first-order chi connectivity index (χ1) is 16.4. The van der Waals surface area contributed by atoms with Crippen LogP contribution in [-0.4, -0.2) is 31.1 Å². The third-order valence-electron chi connectivity index (χ3n) is 5.31. The number of benzene rings is 3. The van der Waals surface area contributed by atoms with Crippen molar-refractivity contribution in [3.8, 4) is 11.5 Å². The van der Waals surface area contributed by atoms with Crippen LogP contribution in [0.15, 0.2) is 72.8 Å². The van der Waals surface area contributed by atoms with E-state index in [1.54, 1.807) is 48.2 Å². The second-order valence-electron chi connectivity index (χ2n) is 7.97. The molecule has 0 bridgehead atoms. The molecule has 1 atom stereocenters. The lowest BCUT2D eigenvalue weighted by molar-refractivity contribution is -0.125. The Kier molecular flexibility index (Phi) is 6.92. The number of fused-ring (bicyclic) bond motifs is 1. The Morgan fingerprint density at radius 1 is 1.15 bits per heavy atom. The number of hydrogen-bond acceptors (Lipinski definition) is 4. The van der Waals surface area contributed by atoms with Crippen molar-refractivity contribution in [2.75, 3.05) is 23.4 Å². The summed E-state index contributed by atoms with van der Waals surface area (Å²) in [5.74, 6) is 0.427. The molecule has 1 unspecified atom stereocenters. The Morgan fingerprint density at radius 2 is 1.94 bits per heavy atom. The summed E-state index contributed by atoms with van der Waals surface area (Å²) >= 11 is 0. The second kappa shape index (κ2) is 10.2. The summed E-state index contributed by atoms with van der Waals surface area (Å²) in [6.07, 6.45) is 2.34. The van der Waals surface area contributed by atoms with E-state index in [0.29, 0.717) is 35.8 Å². The molecule has 0 saturated carbocycles. The number of ether oxygens (including phenoxy) is 2. The van der Waals surface area contributed by atoms with E-state index < -0.39 is 6.10 Å². The van der Waals surface area contributed by atoms with E-state index in [4.69, 9.17) is 9.47 Å². The van der Waals surface area contributed by atoms with Crippen LogP contribution in [-0.2, 0) is 9.59 Å². The van der Waals surface area contributed by atoms with Gasteiger partial charge in [-0.15, -0.1) is 0 Å². The van der Waals surface area contributed by atoms with Crippen LogP contribution in [0.3, 0.4) is 0 Å². The summed E-state index contributed by atoms with van der Waals surface area (Å²) in [6, 6.07) is 18.7. The van der Waals surface area contributed by atoms with Gasteiger partial charge in [-0.05, 0) is 73.5 Å². The summed E-state index contributed by atoms with van der Waals surface area (Å²) in [7, 11) is 0. The van der Waals surface area contributed by atoms with Gasteiger partial charge in [0.05, 0.1) is 12.2 Å². The van der Waals surface area contributed by atoms with Gasteiger partial charge in [0.15, 0.2) is 6.10 Å². The topological polar surface area (TPSA) is 67.9 Å². The summed E-state index contributed by atoms with van der Waals surface area (Å²) < 4.78 is 24.6. The number of rotatable bonds is 7. The quantitative estimate of drug-likeness (QED) is 0.505. The fourth-order valence-corrected chi connectivity index (χ4v) is 3.61. The Labute approximate surface area is 197 Å². The van der Waals surface area contributed by atoms with Gasteiger partial charge in [0.2, 0.25) is 5.91 Å². The number of aryl methyl sites for hydroxylation is 1. The molecule has 34 heavy (non-hydrogen) atoms. The van der Waals surface area contributed by atoms with Crippen molar-refractivity contribution in [3.63, 3.8) is 0 Å². The van der Waals surface area contributed by atoms with Crippen LogP contribution >= 0.6 is 0 Å². The molecular formula is C27H25FN2O4. The lowest BCUT2D eigenvalue weighted by atomic mass is 10.1. The third kappa shape index (κ3) is 5.61. The van der Waals surface area contributed by atoms with E-state index >= 15 is 0 Å². The van der Waals surface area contributed by atoms with E-state index in [1.165, 1.54) is 18.2 Å². The minimum Gasteiger partial charge on any atom is -0.492 e. The van der Waals surface area contributed by atoms with E-state index in [9.17, 15) is 14.0 Å². The highest BCUT2D eigenvalue weighted by molar-refractivity contribution is 6.04. The third-order valence-corrected chi connectivity index (χ3v) is 5.31. The molecular weight excluding hydrogens is 435 g/mol. The van der Waals surface area contributed by atoms with Crippen molar-refractivity contribution in [1.29, 1.82) is 0 Å². The smallest absolute Gasteiger partial charge is 0.267 e. The van der Waals surface area contributed by atoms with Gasteiger partial charge in [0, 0.05) is 11.8 Å². The Hall–Kier alpha value is -4.13. The maximum absolute atomic E-state index is 13.0. The van der Waals surface area contributed by atoms with Gasteiger partial charge in [-0.3, -0.25) is 9.59 Å². The van der Waals surface area contributed by atoms with Gasteiger partial charge in [-0.25, -0.2) is 4.39 Å².